The first-order valence-electron chi connectivity index (χ1n) is 3.53. The van der Waals surface area contributed by atoms with Gasteiger partial charge in [0.05, 0.1) is 21.7 Å². The molecule has 0 atom stereocenters. The van der Waals surface area contributed by atoms with Crippen molar-refractivity contribution in [3.05, 3.63) is 22.4 Å². The van der Waals surface area contributed by atoms with Crippen LogP contribution in [-0.4, -0.2) is 19.1 Å². The second kappa shape index (κ2) is 5.68. The van der Waals surface area contributed by atoms with Crippen molar-refractivity contribution in [3.63, 3.8) is 0 Å². The summed E-state index contributed by atoms with van der Waals surface area (Å²) in [5.74, 6) is 0.453. The Bertz CT molecular complexity index is 279. The summed E-state index contributed by atoms with van der Waals surface area (Å²) < 4.78 is 0.987. The van der Waals surface area contributed by atoms with E-state index in [9.17, 15) is 0 Å². The van der Waals surface area contributed by atoms with E-state index < -0.39 is 0 Å². The average Bonchev–Trinajstić information content (AvgIpc) is 2.05. The molecule has 0 N–H and O–H groups in total. The van der Waals surface area contributed by atoms with Gasteiger partial charge < -0.3 is 4.90 Å². The lowest BCUT2D eigenvalue weighted by molar-refractivity contribution is 1.08. The number of nitrogens with zero attached hydrogens (tertiary/aromatic N) is 2. The van der Waals surface area contributed by atoms with Crippen LogP contribution in [0.3, 0.4) is 0 Å². The maximum Gasteiger partial charge on any atom is 0.0648 e. The van der Waals surface area contributed by atoms with Gasteiger partial charge in [-0.25, -0.2) is 0 Å². The molecule has 74 valence electrons. The first-order chi connectivity index (χ1) is 5.65. The van der Waals surface area contributed by atoms with Crippen molar-refractivity contribution in [2.24, 2.45) is 0 Å². The van der Waals surface area contributed by atoms with Crippen LogP contribution >= 0.6 is 39.9 Å². The molecule has 0 aromatic carbocycles. The SMILES string of the molecule is CN(C)c1cc(CCl)ncc1Br.Cl. The molecule has 0 saturated carbocycles. The van der Waals surface area contributed by atoms with Crippen LogP contribution in [0.15, 0.2) is 16.7 Å². The van der Waals surface area contributed by atoms with Crippen molar-refractivity contribution < 1.29 is 0 Å². The number of pyridine rings is 1. The third-order valence-corrected chi connectivity index (χ3v) is 2.40. The zero-order valence-corrected chi connectivity index (χ0v) is 10.6. The summed E-state index contributed by atoms with van der Waals surface area (Å²) in [6, 6.07) is 1.97. The van der Waals surface area contributed by atoms with Crippen LogP contribution in [0, 0.1) is 0 Å². The monoisotopic (exact) mass is 284 g/mol. The number of anilines is 1. The van der Waals surface area contributed by atoms with Gasteiger partial charge in [-0.1, -0.05) is 0 Å². The van der Waals surface area contributed by atoms with Gasteiger partial charge in [-0.15, -0.1) is 24.0 Å². The summed E-state index contributed by atoms with van der Waals surface area (Å²) >= 11 is 9.07. The molecule has 1 aromatic heterocycles. The summed E-state index contributed by atoms with van der Waals surface area (Å²) in [6.07, 6.45) is 1.77. The van der Waals surface area contributed by atoms with Crippen molar-refractivity contribution in [1.82, 2.24) is 4.98 Å². The van der Waals surface area contributed by atoms with Crippen LogP contribution < -0.4 is 4.90 Å². The summed E-state index contributed by atoms with van der Waals surface area (Å²) in [7, 11) is 3.97. The lowest BCUT2D eigenvalue weighted by Crippen LogP contribution is -2.10. The highest BCUT2D eigenvalue weighted by Crippen LogP contribution is 2.24. The quantitative estimate of drug-likeness (QED) is 0.777. The summed E-state index contributed by atoms with van der Waals surface area (Å²) in [6.45, 7) is 0. The van der Waals surface area contributed by atoms with E-state index in [-0.39, 0.29) is 12.4 Å². The number of alkyl halides is 1. The molecule has 0 unspecified atom stereocenters. The Kier molecular flexibility index (Phi) is 5.68. The predicted molar refractivity (Wildman–Crippen MR) is 63.1 cm³/mol. The van der Waals surface area contributed by atoms with E-state index in [2.05, 4.69) is 20.9 Å². The molecule has 1 rings (SSSR count). The van der Waals surface area contributed by atoms with Crippen LogP contribution in [0.25, 0.3) is 0 Å². The minimum absolute atomic E-state index is 0. The summed E-state index contributed by atoms with van der Waals surface area (Å²) in [5.41, 5.74) is 1.99. The van der Waals surface area contributed by atoms with Crippen molar-refractivity contribution in [1.29, 1.82) is 0 Å². The summed E-state index contributed by atoms with van der Waals surface area (Å²) in [4.78, 5) is 6.15. The van der Waals surface area contributed by atoms with Gasteiger partial charge in [-0.2, -0.15) is 0 Å². The number of hydrogen-bond donors (Lipinski definition) is 0. The van der Waals surface area contributed by atoms with E-state index >= 15 is 0 Å². The number of rotatable bonds is 2. The van der Waals surface area contributed by atoms with Gasteiger partial charge in [0.1, 0.15) is 0 Å². The molecule has 0 radical (unpaired) electrons. The zero-order chi connectivity index (χ0) is 9.14. The molecule has 0 aliphatic rings. The third kappa shape index (κ3) is 3.33. The highest BCUT2D eigenvalue weighted by atomic mass is 79.9. The minimum Gasteiger partial charge on any atom is -0.377 e. The van der Waals surface area contributed by atoms with Crippen molar-refractivity contribution in [2.75, 3.05) is 19.0 Å². The molecule has 13 heavy (non-hydrogen) atoms. The molecule has 1 aromatic rings. The molecule has 0 bridgehead atoms. The molecule has 1 heterocycles. The van der Waals surface area contributed by atoms with Gasteiger partial charge in [-0.05, 0) is 22.0 Å². The topological polar surface area (TPSA) is 16.1 Å². The van der Waals surface area contributed by atoms with E-state index in [1.165, 1.54) is 0 Å². The van der Waals surface area contributed by atoms with Crippen LogP contribution in [-0.2, 0) is 5.88 Å². The first kappa shape index (κ1) is 13.0. The molecule has 0 spiro atoms. The van der Waals surface area contributed by atoms with Crippen molar-refractivity contribution in [2.45, 2.75) is 5.88 Å². The summed E-state index contributed by atoms with van der Waals surface area (Å²) in [5, 5.41) is 0. The fraction of sp³-hybridized carbons (Fsp3) is 0.375. The Hall–Kier alpha value is 0.01000. The molecule has 0 amide bonds. The Morgan fingerprint density at radius 1 is 1.54 bits per heavy atom. The van der Waals surface area contributed by atoms with E-state index in [1.54, 1.807) is 6.20 Å². The van der Waals surface area contributed by atoms with Gasteiger partial charge in [0.15, 0.2) is 0 Å². The molecule has 0 aliphatic heterocycles. The molecule has 5 heteroatoms. The van der Waals surface area contributed by atoms with Crippen LogP contribution in [0.4, 0.5) is 5.69 Å². The highest BCUT2D eigenvalue weighted by Gasteiger charge is 2.03. The fourth-order valence-electron chi connectivity index (χ4n) is 0.886. The highest BCUT2D eigenvalue weighted by molar-refractivity contribution is 9.10. The number of aromatic nitrogens is 1. The molecule has 0 fully saturated rings. The molecule has 0 saturated heterocycles. The van der Waals surface area contributed by atoms with E-state index in [1.807, 2.05) is 25.1 Å². The third-order valence-electron chi connectivity index (χ3n) is 1.51. The first-order valence-corrected chi connectivity index (χ1v) is 4.85. The molecular formula is C8H11BrCl2N2. The van der Waals surface area contributed by atoms with E-state index in [4.69, 9.17) is 11.6 Å². The Morgan fingerprint density at radius 3 is 2.62 bits per heavy atom. The number of halogens is 3. The van der Waals surface area contributed by atoms with Gasteiger partial charge in [-0.3, -0.25) is 4.98 Å². The Balaban J connectivity index is 0.00000144. The largest absolute Gasteiger partial charge is 0.377 e. The second-order valence-electron chi connectivity index (χ2n) is 2.66. The van der Waals surface area contributed by atoms with Crippen LogP contribution in [0.5, 0.6) is 0 Å². The maximum atomic E-state index is 5.66. The molecule has 2 nitrogen and oxygen atoms in total. The van der Waals surface area contributed by atoms with E-state index in [0.717, 1.165) is 15.9 Å². The van der Waals surface area contributed by atoms with Crippen molar-refractivity contribution >= 4 is 45.6 Å². The van der Waals surface area contributed by atoms with Gasteiger partial charge in [0.2, 0.25) is 0 Å². The van der Waals surface area contributed by atoms with Gasteiger partial charge in [0.25, 0.3) is 0 Å². The fourth-order valence-corrected chi connectivity index (χ4v) is 1.60. The Morgan fingerprint density at radius 2 is 2.15 bits per heavy atom. The second-order valence-corrected chi connectivity index (χ2v) is 3.78. The normalized spacial score (nSPS) is 9.23. The molecule has 0 aliphatic carbocycles. The van der Waals surface area contributed by atoms with Gasteiger partial charge in [0, 0.05) is 20.3 Å². The van der Waals surface area contributed by atoms with Crippen LogP contribution in [0.1, 0.15) is 5.69 Å². The predicted octanol–water partition coefficient (Wildman–Crippen LogP) is 3.07. The van der Waals surface area contributed by atoms with E-state index in [0.29, 0.717) is 5.88 Å². The standard InChI is InChI=1S/C8H10BrClN2.ClH/c1-12(2)8-3-6(4-10)11-5-7(8)9;/h3,5H,4H2,1-2H3;1H. The number of hydrogen-bond acceptors (Lipinski definition) is 2. The zero-order valence-electron chi connectivity index (χ0n) is 7.42. The minimum atomic E-state index is 0. The van der Waals surface area contributed by atoms with Crippen molar-refractivity contribution in [3.8, 4) is 0 Å². The lowest BCUT2D eigenvalue weighted by atomic mass is 10.3. The Labute approximate surface area is 97.8 Å². The van der Waals surface area contributed by atoms with Crippen LogP contribution in [0.2, 0.25) is 0 Å². The average molecular weight is 286 g/mol. The smallest absolute Gasteiger partial charge is 0.0648 e. The maximum absolute atomic E-state index is 5.66. The molecular weight excluding hydrogens is 275 g/mol. The van der Waals surface area contributed by atoms with Gasteiger partial charge >= 0.3 is 0 Å². The lowest BCUT2D eigenvalue weighted by Gasteiger charge is -2.14.